The Kier molecular flexibility index (Phi) is 4.52. The van der Waals surface area contributed by atoms with E-state index in [-0.39, 0.29) is 17.3 Å². The van der Waals surface area contributed by atoms with E-state index in [0.29, 0.717) is 11.3 Å². The number of halogens is 1. The Morgan fingerprint density at radius 1 is 1.35 bits per heavy atom. The molecule has 0 heterocycles. The van der Waals surface area contributed by atoms with Gasteiger partial charge in [0.15, 0.2) is 11.6 Å². The summed E-state index contributed by atoms with van der Waals surface area (Å²) in [7, 11) is 3.34. The molecule has 17 heavy (non-hydrogen) atoms. The molecule has 0 saturated heterocycles. The monoisotopic (exact) mass is 239 g/mol. The van der Waals surface area contributed by atoms with Gasteiger partial charge in [0.1, 0.15) is 0 Å². The van der Waals surface area contributed by atoms with Crippen molar-refractivity contribution >= 4 is 0 Å². The molecule has 1 aromatic rings. The topological polar surface area (TPSA) is 21.3 Å². The van der Waals surface area contributed by atoms with Crippen molar-refractivity contribution < 1.29 is 9.13 Å². The largest absolute Gasteiger partial charge is 0.494 e. The van der Waals surface area contributed by atoms with E-state index in [2.05, 4.69) is 26.1 Å². The van der Waals surface area contributed by atoms with Crippen molar-refractivity contribution in [2.75, 3.05) is 14.2 Å². The fourth-order valence-corrected chi connectivity index (χ4v) is 1.93. The second-order valence-corrected chi connectivity index (χ2v) is 5.47. The molecule has 0 aromatic heterocycles. The second kappa shape index (κ2) is 5.50. The zero-order valence-electron chi connectivity index (χ0n) is 11.3. The van der Waals surface area contributed by atoms with Crippen LogP contribution in [-0.4, -0.2) is 14.2 Å². The van der Waals surface area contributed by atoms with E-state index in [1.807, 2.05) is 19.2 Å². The highest BCUT2D eigenvalue weighted by Crippen LogP contribution is 2.32. The van der Waals surface area contributed by atoms with Crippen LogP contribution in [0.5, 0.6) is 5.75 Å². The van der Waals surface area contributed by atoms with Gasteiger partial charge in [-0.25, -0.2) is 4.39 Å². The smallest absolute Gasteiger partial charge is 0.169 e. The van der Waals surface area contributed by atoms with Crippen LogP contribution in [0, 0.1) is 11.2 Å². The average molecular weight is 239 g/mol. The molecule has 96 valence electrons. The summed E-state index contributed by atoms with van der Waals surface area (Å²) in [6.07, 6.45) is 0.869. The molecule has 0 bridgehead atoms. The van der Waals surface area contributed by atoms with Crippen LogP contribution in [0.3, 0.4) is 0 Å². The molecule has 0 saturated carbocycles. The summed E-state index contributed by atoms with van der Waals surface area (Å²) in [5, 5.41) is 3.17. The summed E-state index contributed by atoms with van der Waals surface area (Å²) in [6, 6.07) is 5.28. The molecule has 0 aliphatic heterocycles. The summed E-state index contributed by atoms with van der Waals surface area (Å²) < 4.78 is 19.1. The Hall–Kier alpha value is -1.09. The van der Waals surface area contributed by atoms with Crippen molar-refractivity contribution in [2.45, 2.75) is 33.2 Å². The van der Waals surface area contributed by atoms with Gasteiger partial charge in [0.05, 0.1) is 7.11 Å². The van der Waals surface area contributed by atoms with Crippen LogP contribution >= 0.6 is 0 Å². The van der Waals surface area contributed by atoms with Crippen LogP contribution in [0.4, 0.5) is 4.39 Å². The van der Waals surface area contributed by atoms with Crippen molar-refractivity contribution in [3.05, 3.63) is 29.6 Å². The first-order valence-electron chi connectivity index (χ1n) is 5.88. The van der Waals surface area contributed by atoms with Gasteiger partial charge in [-0.2, -0.15) is 0 Å². The average Bonchev–Trinajstić information content (AvgIpc) is 2.25. The molecule has 1 aromatic carbocycles. The van der Waals surface area contributed by atoms with Crippen LogP contribution in [0.1, 0.15) is 38.8 Å². The van der Waals surface area contributed by atoms with Crippen LogP contribution in [0.15, 0.2) is 18.2 Å². The second-order valence-electron chi connectivity index (χ2n) is 5.47. The fourth-order valence-electron chi connectivity index (χ4n) is 1.93. The molecule has 0 amide bonds. The standard InChI is InChI=1S/C14H22FNO/c1-14(2,3)9-11(16-4)10-7-6-8-12(17-5)13(10)15/h6-8,11,16H,9H2,1-5H3. The van der Waals surface area contributed by atoms with Crippen molar-refractivity contribution in [3.8, 4) is 5.75 Å². The molecule has 1 rings (SSSR count). The fraction of sp³-hybridized carbons (Fsp3) is 0.571. The summed E-state index contributed by atoms with van der Waals surface area (Å²) in [4.78, 5) is 0. The zero-order valence-corrected chi connectivity index (χ0v) is 11.3. The Morgan fingerprint density at radius 3 is 2.47 bits per heavy atom. The van der Waals surface area contributed by atoms with Gasteiger partial charge in [0, 0.05) is 11.6 Å². The highest BCUT2D eigenvalue weighted by atomic mass is 19.1. The number of rotatable bonds is 4. The first-order chi connectivity index (χ1) is 7.89. The lowest BCUT2D eigenvalue weighted by molar-refractivity contribution is 0.312. The molecule has 1 N–H and O–H groups in total. The zero-order chi connectivity index (χ0) is 13.1. The minimum atomic E-state index is -0.265. The van der Waals surface area contributed by atoms with E-state index in [1.165, 1.54) is 7.11 Å². The van der Waals surface area contributed by atoms with Crippen LogP contribution in [-0.2, 0) is 0 Å². The molecule has 3 heteroatoms. The SMILES string of the molecule is CNC(CC(C)(C)C)c1cccc(OC)c1F. The van der Waals surface area contributed by atoms with Crippen molar-refractivity contribution in [3.63, 3.8) is 0 Å². The van der Waals surface area contributed by atoms with E-state index in [1.54, 1.807) is 6.07 Å². The Balaban J connectivity index is 3.04. The third kappa shape index (κ3) is 3.70. The third-order valence-corrected chi connectivity index (χ3v) is 2.75. The first kappa shape index (κ1) is 14.0. The molecule has 1 atom stereocenters. The van der Waals surface area contributed by atoms with Crippen LogP contribution in [0.2, 0.25) is 0 Å². The first-order valence-corrected chi connectivity index (χ1v) is 5.88. The lowest BCUT2D eigenvalue weighted by atomic mass is 9.85. The number of ether oxygens (including phenoxy) is 1. The van der Waals surface area contributed by atoms with E-state index >= 15 is 0 Å². The van der Waals surface area contributed by atoms with Gasteiger partial charge < -0.3 is 10.1 Å². The summed E-state index contributed by atoms with van der Waals surface area (Å²) in [5.74, 6) is 0.0373. The molecule has 1 unspecified atom stereocenters. The molecule has 0 radical (unpaired) electrons. The quantitative estimate of drug-likeness (QED) is 0.868. The predicted octanol–water partition coefficient (Wildman–Crippen LogP) is 3.53. The lowest BCUT2D eigenvalue weighted by Gasteiger charge is -2.26. The summed E-state index contributed by atoms with van der Waals surface area (Å²) in [6.45, 7) is 6.44. The number of nitrogens with one attached hydrogen (secondary N) is 1. The number of hydrogen-bond acceptors (Lipinski definition) is 2. The van der Waals surface area contributed by atoms with Gasteiger partial charge in [-0.15, -0.1) is 0 Å². The maximum Gasteiger partial charge on any atom is 0.169 e. The van der Waals surface area contributed by atoms with Gasteiger partial charge in [-0.1, -0.05) is 32.9 Å². The molecule has 0 fully saturated rings. The van der Waals surface area contributed by atoms with E-state index in [9.17, 15) is 4.39 Å². The van der Waals surface area contributed by atoms with Crippen molar-refractivity contribution in [1.82, 2.24) is 5.32 Å². The van der Waals surface area contributed by atoms with Crippen LogP contribution < -0.4 is 10.1 Å². The summed E-state index contributed by atoms with van der Waals surface area (Å²) in [5.41, 5.74) is 0.810. The highest BCUT2D eigenvalue weighted by molar-refractivity contribution is 5.33. The van der Waals surface area contributed by atoms with E-state index in [0.717, 1.165) is 6.42 Å². The number of methoxy groups -OCH3 is 1. The number of benzene rings is 1. The Morgan fingerprint density at radius 2 is 2.00 bits per heavy atom. The normalized spacial score (nSPS) is 13.5. The maximum absolute atomic E-state index is 14.1. The Labute approximate surface area is 103 Å². The minimum absolute atomic E-state index is 0.00472. The van der Waals surface area contributed by atoms with Gasteiger partial charge in [0.25, 0.3) is 0 Å². The van der Waals surface area contributed by atoms with Crippen LogP contribution in [0.25, 0.3) is 0 Å². The Bertz CT molecular complexity index is 371. The molecule has 0 aliphatic carbocycles. The van der Waals surface area contributed by atoms with Gasteiger partial charge in [-0.05, 0) is 24.9 Å². The minimum Gasteiger partial charge on any atom is -0.494 e. The molecule has 0 aliphatic rings. The summed E-state index contributed by atoms with van der Waals surface area (Å²) >= 11 is 0. The molecule has 2 nitrogen and oxygen atoms in total. The third-order valence-electron chi connectivity index (χ3n) is 2.75. The highest BCUT2D eigenvalue weighted by Gasteiger charge is 2.22. The van der Waals surface area contributed by atoms with Gasteiger partial charge in [-0.3, -0.25) is 0 Å². The van der Waals surface area contributed by atoms with Crippen molar-refractivity contribution in [1.29, 1.82) is 0 Å². The van der Waals surface area contributed by atoms with E-state index in [4.69, 9.17) is 4.74 Å². The maximum atomic E-state index is 14.1. The number of hydrogen-bond donors (Lipinski definition) is 1. The lowest BCUT2D eigenvalue weighted by Crippen LogP contribution is -2.23. The molecular weight excluding hydrogens is 217 g/mol. The van der Waals surface area contributed by atoms with Gasteiger partial charge in [0.2, 0.25) is 0 Å². The van der Waals surface area contributed by atoms with E-state index < -0.39 is 0 Å². The molecule has 0 spiro atoms. The molecular formula is C14H22FNO. The van der Waals surface area contributed by atoms with Crippen molar-refractivity contribution in [2.24, 2.45) is 5.41 Å². The van der Waals surface area contributed by atoms with Gasteiger partial charge >= 0.3 is 0 Å². The predicted molar refractivity (Wildman–Crippen MR) is 68.8 cm³/mol.